The van der Waals surface area contributed by atoms with Crippen LogP contribution in [0.5, 0.6) is 0 Å². The van der Waals surface area contributed by atoms with Gasteiger partial charge >= 0.3 is 5.97 Å². The lowest BCUT2D eigenvalue weighted by atomic mass is 9.70. The van der Waals surface area contributed by atoms with E-state index < -0.39 is 47.7 Å². The summed E-state index contributed by atoms with van der Waals surface area (Å²) in [7, 11) is 1.69. The molecule has 2 bridgehead atoms. The number of aromatic nitrogens is 3. The lowest BCUT2D eigenvalue weighted by Gasteiger charge is -2.37. The topological polar surface area (TPSA) is 147 Å². The number of unbranched alkanes of at least 4 members (excludes halogenated alkanes) is 2. The molecule has 3 aliphatic rings. The Morgan fingerprint density at radius 3 is 2.58 bits per heavy atom. The van der Waals surface area contributed by atoms with Crippen molar-refractivity contribution in [1.29, 1.82) is 0 Å². The Balaban J connectivity index is 1.31. The molecule has 0 saturated carbocycles. The van der Waals surface area contributed by atoms with Crippen LogP contribution in [0, 0.1) is 11.8 Å². The number of hydrogen-bond donors (Lipinski definition) is 1. The lowest BCUT2D eigenvalue weighted by Crippen LogP contribution is -2.56. The highest BCUT2D eigenvalue weighted by Crippen LogP contribution is 2.59. The Morgan fingerprint density at radius 2 is 1.85 bits per heavy atom. The van der Waals surface area contributed by atoms with E-state index in [4.69, 9.17) is 9.47 Å². The average molecular weight is 727 g/mol. The van der Waals surface area contributed by atoms with Crippen molar-refractivity contribution in [3.8, 4) is 0 Å². The van der Waals surface area contributed by atoms with Gasteiger partial charge in [0.1, 0.15) is 29.9 Å². The number of aliphatic hydroxyl groups is 1. The third-order valence-electron chi connectivity index (χ3n) is 11.1. The third kappa shape index (κ3) is 7.24. The van der Waals surface area contributed by atoms with Crippen molar-refractivity contribution in [2.75, 3.05) is 26.7 Å². The predicted molar refractivity (Wildman–Crippen MR) is 197 cm³/mol. The highest BCUT2D eigenvalue weighted by molar-refractivity contribution is 5.98. The van der Waals surface area contributed by atoms with Gasteiger partial charge in [-0.3, -0.25) is 19.2 Å². The molecule has 53 heavy (non-hydrogen) atoms. The Hall–Kier alpha value is -4.88. The molecule has 13 nitrogen and oxygen atoms in total. The maximum atomic E-state index is 14.9. The van der Waals surface area contributed by atoms with E-state index in [9.17, 15) is 24.3 Å². The summed E-state index contributed by atoms with van der Waals surface area (Å²) < 4.78 is 14.7. The zero-order valence-electron chi connectivity index (χ0n) is 30.6. The van der Waals surface area contributed by atoms with Crippen LogP contribution in [0.2, 0.25) is 0 Å². The Morgan fingerprint density at radius 1 is 1.09 bits per heavy atom. The summed E-state index contributed by atoms with van der Waals surface area (Å²) in [5.41, 5.74) is 0.917. The first-order chi connectivity index (χ1) is 25.7. The minimum atomic E-state index is -1.24. The molecule has 3 aromatic rings. The van der Waals surface area contributed by atoms with E-state index in [1.54, 1.807) is 38.6 Å². The van der Waals surface area contributed by atoms with E-state index in [0.717, 1.165) is 5.52 Å². The van der Waals surface area contributed by atoms with E-state index in [2.05, 4.69) is 23.5 Å². The summed E-state index contributed by atoms with van der Waals surface area (Å²) in [6.07, 6.45) is 5.37. The number of rotatable bonds is 18. The molecule has 2 aromatic carbocycles. The smallest absolute Gasteiger partial charge is 0.313 e. The van der Waals surface area contributed by atoms with Gasteiger partial charge in [0.25, 0.3) is 0 Å². The van der Waals surface area contributed by atoms with E-state index in [0.29, 0.717) is 49.6 Å². The van der Waals surface area contributed by atoms with Gasteiger partial charge in [0.15, 0.2) is 0 Å². The number of aliphatic hydroxyl groups excluding tert-OH is 1. The number of likely N-dealkylation sites (tertiary alicyclic amines) is 1. The van der Waals surface area contributed by atoms with Crippen molar-refractivity contribution < 1.29 is 33.8 Å². The molecule has 0 unspecified atom stereocenters. The van der Waals surface area contributed by atoms with Gasteiger partial charge < -0.3 is 29.3 Å². The van der Waals surface area contributed by atoms with Crippen LogP contribution in [-0.4, -0.2) is 109 Å². The molecule has 1 N–H and O–H groups in total. The fraction of sp³-hybridized carbons (Fsp3) is 0.500. The number of carbonyl (C=O) groups excluding carboxylic acids is 4. The van der Waals surface area contributed by atoms with E-state index in [-0.39, 0.29) is 50.5 Å². The summed E-state index contributed by atoms with van der Waals surface area (Å²) in [4.78, 5) is 61.8. The third-order valence-corrected chi connectivity index (χ3v) is 11.1. The maximum Gasteiger partial charge on any atom is 0.313 e. The molecular weight excluding hydrogens is 676 g/mol. The van der Waals surface area contributed by atoms with Crippen molar-refractivity contribution in [2.45, 2.75) is 88.4 Å². The van der Waals surface area contributed by atoms with Crippen molar-refractivity contribution in [3.63, 3.8) is 0 Å². The molecule has 1 aromatic heterocycles. The van der Waals surface area contributed by atoms with Crippen LogP contribution < -0.4 is 0 Å². The number of ether oxygens (including phenoxy) is 2. The lowest BCUT2D eigenvalue weighted by molar-refractivity contribution is -0.164. The number of likely N-dealkylation sites (N-methyl/N-ethyl adjacent to an activating group) is 1. The Bertz CT molecular complexity index is 1810. The quantitative estimate of drug-likeness (QED) is 0.117. The average Bonchev–Trinajstić information content (AvgIpc) is 3.93. The van der Waals surface area contributed by atoms with Crippen LogP contribution in [0.4, 0.5) is 0 Å². The highest BCUT2D eigenvalue weighted by Gasteiger charge is 2.75. The van der Waals surface area contributed by atoms with E-state index in [1.807, 2.05) is 61.5 Å². The molecule has 0 aliphatic carbocycles. The van der Waals surface area contributed by atoms with Gasteiger partial charge in [-0.1, -0.05) is 59.8 Å². The summed E-state index contributed by atoms with van der Waals surface area (Å²) in [5.74, 6) is -3.22. The van der Waals surface area contributed by atoms with Gasteiger partial charge in [-0.15, -0.1) is 18.3 Å². The number of allylic oxidation sites excluding steroid dienone is 1. The number of esters is 1. The molecule has 282 valence electrons. The van der Waals surface area contributed by atoms with E-state index in [1.165, 1.54) is 0 Å². The number of carbonyl (C=O) groups is 4. The van der Waals surface area contributed by atoms with Crippen LogP contribution in [-0.2, 0) is 35.3 Å². The molecule has 3 amide bonds. The number of hydrogen-bond acceptors (Lipinski definition) is 9. The second-order valence-corrected chi connectivity index (χ2v) is 14.3. The first-order valence-electron chi connectivity index (χ1n) is 18.6. The molecule has 13 heteroatoms. The molecular formula is C40H50N6O7. The number of para-hydroxylation sites is 1. The van der Waals surface area contributed by atoms with Gasteiger partial charge in [0.2, 0.25) is 17.7 Å². The molecule has 4 heterocycles. The SMILES string of the molecule is C=CCCC(=O)N(C)[C@H](C)[C@H](OC(=O)[C@@H]1[C@@H]2CC[C@]3(O2)[C@H](C(=O)N(CC=C)Cn2nnc4ccccc42)N(CCCCCO)C(=O)[C@@H]13)c1ccccc1. The minimum Gasteiger partial charge on any atom is -0.455 e. The highest BCUT2D eigenvalue weighted by atomic mass is 16.6. The number of amides is 3. The molecule has 3 aliphatic heterocycles. The van der Waals surface area contributed by atoms with Gasteiger partial charge in [0.05, 0.1) is 29.5 Å². The largest absolute Gasteiger partial charge is 0.455 e. The number of fused-ring (bicyclic) bond motifs is 2. The van der Waals surface area contributed by atoms with Crippen molar-refractivity contribution in [3.05, 3.63) is 85.5 Å². The van der Waals surface area contributed by atoms with Crippen molar-refractivity contribution in [2.24, 2.45) is 11.8 Å². The molecule has 1 spiro atoms. The van der Waals surface area contributed by atoms with Crippen molar-refractivity contribution in [1.82, 2.24) is 29.7 Å². The summed E-state index contributed by atoms with van der Waals surface area (Å²) >= 11 is 0. The first-order valence-corrected chi connectivity index (χ1v) is 18.6. The van der Waals surface area contributed by atoms with Crippen LogP contribution in [0.15, 0.2) is 79.9 Å². The van der Waals surface area contributed by atoms with E-state index >= 15 is 0 Å². The maximum absolute atomic E-state index is 14.9. The molecule has 0 radical (unpaired) electrons. The summed E-state index contributed by atoms with van der Waals surface area (Å²) in [6, 6.07) is 15.2. The second-order valence-electron chi connectivity index (χ2n) is 14.3. The van der Waals surface area contributed by atoms with Crippen LogP contribution in [0.25, 0.3) is 11.0 Å². The normalized spacial score (nSPS) is 24.1. The predicted octanol–water partition coefficient (Wildman–Crippen LogP) is 4.04. The number of nitrogens with zero attached hydrogens (tertiary/aromatic N) is 6. The van der Waals surface area contributed by atoms with Gasteiger partial charge in [-0.05, 0) is 63.1 Å². The monoisotopic (exact) mass is 726 g/mol. The van der Waals surface area contributed by atoms with Gasteiger partial charge in [0, 0.05) is 33.2 Å². The summed E-state index contributed by atoms with van der Waals surface area (Å²) in [6.45, 7) is 9.99. The fourth-order valence-electron chi connectivity index (χ4n) is 8.36. The Kier molecular flexibility index (Phi) is 11.7. The fourth-order valence-corrected chi connectivity index (χ4v) is 8.36. The van der Waals surface area contributed by atoms with Crippen LogP contribution in [0.1, 0.15) is 63.5 Å². The second kappa shape index (κ2) is 16.4. The number of benzene rings is 2. The first kappa shape index (κ1) is 37.9. The van der Waals surface area contributed by atoms with Crippen molar-refractivity contribution >= 4 is 34.7 Å². The zero-order valence-corrected chi connectivity index (χ0v) is 30.6. The molecule has 7 atom stereocenters. The van der Waals surface area contributed by atoms with Crippen LogP contribution in [0.3, 0.4) is 0 Å². The van der Waals surface area contributed by atoms with Gasteiger partial charge in [-0.2, -0.15) is 0 Å². The molecule has 3 fully saturated rings. The zero-order chi connectivity index (χ0) is 37.7. The standard InChI is InChI=1S/C40H50N6O7/c1-5-7-20-32(48)43(4)27(3)35(28-16-10-8-11-17-28)52-39(51)33-31-21-22-40(53-31)34(33)37(49)45(24-14-9-15-25-47)36(40)38(50)44(23-6-2)26-46-30-19-13-12-18-29(30)41-42-46/h5-6,8,10-13,16-19,27,31,33-36,47H,1-2,7,9,14-15,20-26H2,3-4H3/t27-,31+,33-,34-,35+,36+,40-/m1/s1. The summed E-state index contributed by atoms with van der Waals surface area (Å²) in [5, 5.41) is 18.0. The Labute approximate surface area is 310 Å². The minimum absolute atomic E-state index is 0.0244. The molecule has 6 rings (SSSR count). The van der Waals surface area contributed by atoms with Crippen LogP contribution >= 0.6 is 0 Å². The van der Waals surface area contributed by atoms with Gasteiger partial charge in [-0.25, -0.2) is 4.68 Å². The molecule has 3 saturated heterocycles.